The van der Waals surface area contributed by atoms with Crippen molar-refractivity contribution in [1.82, 2.24) is 0 Å². The first-order chi connectivity index (χ1) is 10.8. The molecule has 23 heavy (non-hydrogen) atoms. The second-order valence-corrected chi connectivity index (χ2v) is 7.05. The molecule has 0 N–H and O–H groups in total. The van der Waals surface area contributed by atoms with Gasteiger partial charge in [-0.15, -0.1) is 0 Å². The molecule has 0 atom stereocenters. The molecule has 0 aliphatic rings. The van der Waals surface area contributed by atoms with Crippen LogP contribution >= 0.6 is 15.9 Å². The zero-order chi connectivity index (χ0) is 17.2. The van der Waals surface area contributed by atoms with Gasteiger partial charge >= 0.3 is 0 Å². The first kappa shape index (κ1) is 17.8. The number of hydrogen-bond donors (Lipinski definition) is 0. The van der Waals surface area contributed by atoms with Crippen molar-refractivity contribution < 1.29 is 26.3 Å². The Hall–Kier alpha value is -1.58. The number of methoxy groups -OCH3 is 1. The van der Waals surface area contributed by atoms with E-state index in [0.29, 0.717) is 4.31 Å². The molecule has 2 rings (SSSR count). The summed E-state index contributed by atoms with van der Waals surface area (Å²) in [7, 11) is -3.54. The van der Waals surface area contributed by atoms with Gasteiger partial charge in [0, 0.05) is 7.11 Å². The van der Waals surface area contributed by atoms with Crippen LogP contribution in [0.1, 0.15) is 0 Å². The van der Waals surface area contributed by atoms with E-state index in [0.717, 1.165) is 24.3 Å². The maximum Gasteiger partial charge on any atom is 0.272 e. The topological polar surface area (TPSA) is 46.6 Å². The third-order valence-electron chi connectivity index (χ3n) is 2.91. The molecule has 0 aromatic heterocycles. The van der Waals surface area contributed by atoms with E-state index in [4.69, 9.17) is 4.74 Å². The molecule has 4 nitrogen and oxygen atoms in total. The summed E-state index contributed by atoms with van der Waals surface area (Å²) in [5.41, 5.74) is -0.399. The lowest BCUT2D eigenvalue weighted by Gasteiger charge is -2.24. The molecule has 0 aliphatic carbocycles. The van der Waals surface area contributed by atoms with Gasteiger partial charge in [0.2, 0.25) is 0 Å². The summed E-state index contributed by atoms with van der Waals surface area (Å²) in [6, 6.07) is 6.55. The molecule has 2 aromatic carbocycles. The smallest absolute Gasteiger partial charge is 0.272 e. The highest BCUT2D eigenvalue weighted by molar-refractivity contribution is 9.10. The third-order valence-corrected chi connectivity index (χ3v) is 5.31. The van der Waals surface area contributed by atoms with Gasteiger partial charge < -0.3 is 4.74 Å². The number of benzene rings is 2. The minimum absolute atomic E-state index is 0.000286. The third kappa shape index (κ3) is 3.36. The average Bonchev–Trinajstić information content (AvgIpc) is 2.47. The highest BCUT2D eigenvalue weighted by Crippen LogP contribution is 2.31. The molecule has 0 amide bonds. The number of halogens is 4. The van der Waals surface area contributed by atoms with Crippen LogP contribution in [0.25, 0.3) is 0 Å². The van der Waals surface area contributed by atoms with E-state index in [9.17, 15) is 21.6 Å². The predicted octanol–water partition coefficient (Wildman–Crippen LogP) is 3.67. The molecule has 0 bridgehead atoms. The Labute approximate surface area is 139 Å². The monoisotopic (exact) mass is 409 g/mol. The molecule has 0 spiro atoms. The number of hydrogen-bond acceptors (Lipinski definition) is 3. The summed E-state index contributed by atoms with van der Waals surface area (Å²) in [6.07, 6.45) is 0. The Bertz CT molecular complexity index is 810. The molecule has 0 saturated heterocycles. The first-order valence-corrected chi connectivity index (χ1v) is 8.43. The van der Waals surface area contributed by atoms with E-state index in [-0.39, 0.29) is 4.47 Å². The second kappa shape index (κ2) is 6.90. The second-order valence-electron chi connectivity index (χ2n) is 4.40. The molecular weight excluding hydrogens is 399 g/mol. The highest BCUT2D eigenvalue weighted by atomic mass is 79.9. The molecule has 0 radical (unpaired) electrons. The summed E-state index contributed by atoms with van der Waals surface area (Å²) in [4.78, 5) is -1.17. The van der Waals surface area contributed by atoms with Crippen molar-refractivity contribution in [2.24, 2.45) is 0 Å². The zero-order valence-electron chi connectivity index (χ0n) is 11.8. The van der Waals surface area contributed by atoms with E-state index >= 15 is 0 Å². The maximum absolute atomic E-state index is 14.2. The minimum Gasteiger partial charge on any atom is -0.363 e. The van der Waals surface area contributed by atoms with E-state index in [2.05, 4.69) is 15.9 Å². The molecule has 2 aromatic rings. The van der Waals surface area contributed by atoms with Gasteiger partial charge in [0.1, 0.15) is 18.4 Å². The molecule has 0 aliphatic heterocycles. The van der Waals surface area contributed by atoms with Crippen LogP contribution in [0.15, 0.2) is 45.8 Å². The fraction of sp³-hybridized carbons (Fsp3) is 0.143. The van der Waals surface area contributed by atoms with Crippen LogP contribution in [0.5, 0.6) is 0 Å². The van der Waals surface area contributed by atoms with Crippen molar-refractivity contribution in [1.29, 1.82) is 0 Å². The summed E-state index contributed by atoms with van der Waals surface area (Å²) in [5.74, 6) is -3.45. The van der Waals surface area contributed by atoms with Gasteiger partial charge in [-0.05, 0) is 40.2 Å². The Morgan fingerprint density at radius 3 is 2.22 bits per heavy atom. The number of sulfonamides is 1. The van der Waals surface area contributed by atoms with Crippen LogP contribution in [0.2, 0.25) is 0 Å². The van der Waals surface area contributed by atoms with E-state index in [1.165, 1.54) is 19.2 Å². The number of ether oxygens (including phenoxy) is 1. The van der Waals surface area contributed by atoms with Crippen LogP contribution < -0.4 is 4.31 Å². The van der Waals surface area contributed by atoms with Crippen molar-refractivity contribution in [3.63, 3.8) is 0 Å². The van der Waals surface area contributed by atoms with Crippen molar-refractivity contribution in [2.45, 2.75) is 4.90 Å². The summed E-state index contributed by atoms with van der Waals surface area (Å²) >= 11 is 2.93. The lowest BCUT2D eigenvalue weighted by atomic mass is 10.3. The van der Waals surface area contributed by atoms with Gasteiger partial charge in [0.15, 0.2) is 10.7 Å². The van der Waals surface area contributed by atoms with E-state index in [1.54, 1.807) is 0 Å². The lowest BCUT2D eigenvalue weighted by molar-refractivity contribution is 0.209. The van der Waals surface area contributed by atoms with E-state index < -0.39 is 44.8 Å². The predicted molar refractivity (Wildman–Crippen MR) is 82.0 cm³/mol. The molecule has 0 saturated carbocycles. The van der Waals surface area contributed by atoms with Gasteiger partial charge in [-0.3, -0.25) is 0 Å². The van der Waals surface area contributed by atoms with Crippen LogP contribution in [0, 0.1) is 17.5 Å². The van der Waals surface area contributed by atoms with Gasteiger partial charge in [-0.2, -0.15) is 0 Å². The number of anilines is 1. The van der Waals surface area contributed by atoms with Gasteiger partial charge in [0.25, 0.3) is 10.0 Å². The summed E-state index contributed by atoms with van der Waals surface area (Å²) < 4.78 is 72.4. The molecule has 0 fully saturated rings. The standard InChI is InChI=1S/C14H11BrF3NO3S/c1-22-8-19(12-7-2-4-9(15)13(12)18)23(20,21)14-10(16)5-3-6-11(14)17/h2-7H,8H2,1H3. The quantitative estimate of drug-likeness (QED) is 0.707. The van der Waals surface area contributed by atoms with Gasteiger partial charge in [-0.25, -0.2) is 25.9 Å². The van der Waals surface area contributed by atoms with Crippen LogP contribution in [0.4, 0.5) is 18.9 Å². The maximum atomic E-state index is 14.2. The number of nitrogens with zero attached hydrogens (tertiary/aromatic N) is 1. The van der Waals surface area contributed by atoms with E-state index in [1.807, 2.05) is 0 Å². The Morgan fingerprint density at radius 1 is 1.09 bits per heavy atom. The summed E-state index contributed by atoms with van der Waals surface area (Å²) in [5, 5.41) is 0. The molecule has 124 valence electrons. The molecule has 0 heterocycles. The Balaban J connectivity index is 2.68. The van der Waals surface area contributed by atoms with Gasteiger partial charge in [-0.1, -0.05) is 12.1 Å². The van der Waals surface area contributed by atoms with Gasteiger partial charge in [0.05, 0.1) is 10.2 Å². The Kier molecular flexibility index (Phi) is 5.33. The van der Waals surface area contributed by atoms with Crippen molar-refractivity contribution in [2.75, 3.05) is 18.1 Å². The average molecular weight is 410 g/mol. The number of rotatable bonds is 5. The van der Waals surface area contributed by atoms with Crippen molar-refractivity contribution in [3.8, 4) is 0 Å². The zero-order valence-corrected chi connectivity index (χ0v) is 14.2. The SMILES string of the molecule is COCN(c1cccc(Br)c1F)S(=O)(=O)c1c(F)cccc1F. The fourth-order valence-electron chi connectivity index (χ4n) is 1.91. The highest BCUT2D eigenvalue weighted by Gasteiger charge is 2.32. The largest absolute Gasteiger partial charge is 0.363 e. The molecular formula is C14H11BrF3NO3S. The fourth-order valence-corrected chi connectivity index (χ4v) is 3.76. The minimum atomic E-state index is -4.72. The first-order valence-electron chi connectivity index (χ1n) is 6.20. The normalized spacial score (nSPS) is 11.5. The molecule has 0 unspecified atom stereocenters. The van der Waals surface area contributed by atoms with Crippen LogP contribution in [0.3, 0.4) is 0 Å². The van der Waals surface area contributed by atoms with Crippen molar-refractivity contribution in [3.05, 3.63) is 58.3 Å². The van der Waals surface area contributed by atoms with Crippen LogP contribution in [-0.4, -0.2) is 22.3 Å². The van der Waals surface area contributed by atoms with Crippen molar-refractivity contribution >= 4 is 31.6 Å². The van der Waals surface area contributed by atoms with Crippen LogP contribution in [-0.2, 0) is 14.8 Å². The Morgan fingerprint density at radius 2 is 1.65 bits per heavy atom. The summed E-state index contributed by atoms with van der Waals surface area (Å²) in [6.45, 7) is -0.622. The molecule has 9 heteroatoms. The lowest BCUT2D eigenvalue weighted by Crippen LogP contribution is -2.34.